The highest BCUT2D eigenvalue weighted by molar-refractivity contribution is 7.91. The van der Waals surface area contributed by atoms with Gasteiger partial charge >= 0.3 is 0 Å². The second kappa shape index (κ2) is 5.59. The second-order valence-corrected chi connectivity index (χ2v) is 8.73. The number of hydrogen-bond donors (Lipinski definition) is 0. The minimum atomic E-state index is -3.72. The molecule has 112 valence electrons. The third-order valence-corrected chi connectivity index (χ3v) is 7.49. The van der Waals surface area contributed by atoms with Crippen molar-refractivity contribution < 1.29 is 13.3 Å². The molecule has 0 bridgehead atoms. The summed E-state index contributed by atoms with van der Waals surface area (Å²) < 4.78 is 26.4. The number of sulfonamides is 1. The zero-order valence-corrected chi connectivity index (χ0v) is 13.5. The van der Waals surface area contributed by atoms with Crippen LogP contribution in [0, 0.1) is 16.0 Å². The van der Waals surface area contributed by atoms with E-state index in [1.807, 2.05) is 13.8 Å². The summed E-state index contributed by atoms with van der Waals surface area (Å²) in [6, 6.07) is 0.933. The van der Waals surface area contributed by atoms with Crippen LogP contribution in [0.25, 0.3) is 0 Å². The quantitative estimate of drug-likeness (QED) is 0.626. The van der Waals surface area contributed by atoms with E-state index in [4.69, 9.17) is 11.6 Å². The van der Waals surface area contributed by atoms with Crippen molar-refractivity contribution in [2.45, 2.75) is 36.9 Å². The van der Waals surface area contributed by atoms with Crippen LogP contribution >= 0.6 is 22.9 Å². The second-order valence-electron chi connectivity index (χ2n) is 4.96. The van der Waals surface area contributed by atoms with Gasteiger partial charge in [0.2, 0.25) is 0 Å². The monoisotopic (exact) mass is 338 g/mol. The summed E-state index contributed by atoms with van der Waals surface area (Å²) in [5.41, 5.74) is -0.354. The third-order valence-electron chi connectivity index (χ3n) is 3.72. The fourth-order valence-electron chi connectivity index (χ4n) is 2.34. The molecule has 0 spiro atoms. The molecule has 0 aliphatic carbocycles. The summed E-state index contributed by atoms with van der Waals surface area (Å²) >= 11 is 6.48. The zero-order chi connectivity index (χ0) is 15.1. The minimum Gasteiger partial charge on any atom is -0.258 e. The predicted molar refractivity (Wildman–Crippen MR) is 77.7 cm³/mol. The molecule has 20 heavy (non-hydrogen) atoms. The van der Waals surface area contributed by atoms with E-state index in [0.29, 0.717) is 6.54 Å². The number of nitro groups is 1. The first-order valence-corrected chi connectivity index (χ1v) is 8.84. The number of rotatable bonds is 3. The van der Waals surface area contributed by atoms with Gasteiger partial charge in [0.25, 0.3) is 15.7 Å². The largest absolute Gasteiger partial charge is 0.300 e. The fourth-order valence-corrected chi connectivity index (χ4v) is 5.90. The van der Waals surface area contributed by atoms with E-state index in [9.17, 15) is 18.5 Å². The first kappa shape index (κ1) is 15.7. The molecule has 2 rings (SSSR count). The van der Waals surface area contributed by atoms with E-state index in [1.165, 1.54) is 4.31 Å². The Bertz CT molecular complexity index is 628. The molecule has 6 nitrogen and oxygen atoms in total. The first-order chi connectivity index (χ1) is 9.25. The molecule has 1 aliphatic rings. The SMILES string of the molecule is CC1CCCN(S(=O)(=O)c2cc([N+](=O)[O-])c(Cl)s2)C1C. The van der Waals surface area contributed by atoms with Crippen molar-refractivity contribution in [1.82, 2.24) is 4.31 Å². The minimum absolute atomic E-state index is 0.0600. The van der Waals surface area contributed by atoms with Crippen molar-refractivity contribution in [3.8, 4) is 0 Å². The highest BCUT2D eigenvalue weighted by atomic mass is 35.5. The van der Waals surface area contributed by atoms with Crippen LogP contribution in [0.15, 0.2) is 10.3 Å². The summed E-state index contributed by atoms with van der Waals surface area (Å²) in [5, 5.41) is 10.8. The van der Waals surface area contributed by atoms with Crippen molar-refractivity contribution >= 4 is 38.6 Å². The van der Waals surface area contributed by atoms with E-state index >= 15 is 0 Å². The van der Waals surface area contributed by atoms with Gasteiger partial charge in [0.1, 0.15) is 4.21 Å². The Morgan fingerprint density at radius 2 is 2.15 bits per heavy atom. The topological polar surface area (TPSA) is 80.5 Å². The van der Waals surface area contributed by atoms with Crippen LogP contribution in [0.1, 0.15) is 26.7 Å². The van der Waals surface area contributed by atoms with Crippen LogP contribution in [0.4, 0.5) is 5.69 Å². The van der Waals surface area contributed by atoms with Crippen LogP contribution in [0.5, 0.6) is 0 Å². The van der Waals surface area contributed by atoms with Crippen LogP contribution in [-0.4, -0.2) is 30.2 Å². The normalized spacial score (nSPS) is 24.8. The molecule has 1 aliphatic heterocycles. The summed E-state index contributed by atoms with van der Waals surface area (Å²) in [7, 11) is -3.72. The number of hydrogen-bond acceptors (Lipinski definition) is 5. The van der Waals surface area contributed by atoms with Crippen molar-refractivity contribution in [1.29, 1.82) is 0 Å². The van der Waals surface area contributed by atoms with Crippen molar-refractivity contribution in [2.75, 3.05) is 6.54 Å². The average Bonchev–Trinajstić information content (AvgIpc) is 2.75. The molecule has 0 radical (unpaired) electrons. The van der Waals surface area contributed by atoms with E-state index in [0.717, 1.165) is 30.2 Å². The van der Waals surface area contributed by atoms with Gasteiger partial charge in [-0.1, -0.05) is 18.5 Å². The number of halogens is 1. The molecular weight excluding hydrogens is 324 g/mol. The van der Waals surface area contributed by atoms with E-state index < -0.39 is 14.9 Å². The van der Waals surface area contributed by atoms with Crippen molar-refractivity contribution in [3.63, 3.8) is 0 Å². The van der Waals surface area contributed by atoms with Crippen LogP contribution < -0.4 is 0 Å². The molecule has 1 fully saturated rings. The number of piperidine rings is 1. The first-order valence-electron chi connectivity index (χ1n) is 6.20. The molecule has 1 saturated heterocycles. The molecule has 2 unspecified atom stereocenters. The van der Waals surface area contributed by atoms with Gasteiger partial charge in [-0.3, -0.25) is 10.1 Å². The van der Waals surface area contributed by atoms with E-state index in [1.54, 1.807) is 0 Å². The van der Waals surface area contributed by atoms with Crippen LogP contribution in [0.2, 0.25) is 4.34 Å². The molecule has 2 atom stereocenters. The Labute approximate surface area is 126 Å². The van der Waals surface area contributed by atoms with Gasteiger partial charge < -0.3 is 0 Å². The van der Waals surface area contributed by atoms with E-state index in [-0.39, 0.29) is 26.2 Å². The Morgan fingerprint density at radius 3 is 2.70 bits per heavy atom. The lowest BCUT2D eigenvalue weighted by atomic mass is 9.94. The molecule has 0 amide bonds. The molecule has 0 saturated carbocycles. The van der Waals surface area contributed by atoms with Gasteiger partial charge in [-0.25, -0.2) is 8.42 Å². The molecule has 0 aromatic carbocycles. The molecule has 9 heteroatoms. The Kier molecular flexibility index (Phi) is 4.38. The molecule has 2 heterocycles. The Morgan fingerprint density at radius 1 is 1.50 bits per heavy atom. The Hall–Kier alpha value is -0.700. The molecule has 1 aromatic rings. The average molecular weight is 339 g/mol. The summed E-state index contributed by atoms with van der Waals surface area (Å²) in [4.78, 5) is 10.1. The standard InChI is InChI=1S/C11H15ClN2O4S2/c1-7-4-3-5-13(8(7)2)20(17,18)10-6-9(14(15)16)11(12)19-10/h6-8H,3-5H2,1-2H3. The number of nitrogens with zero attached hydrogens (tertiary/aromatic N) is 2. The van der Waals surface area contributed by atoms with Crippen LogP contribution in [-0.2, 0) is 10.0 Å². The highest BCUT2D eigenvalue weighted by Crippen LogP contribution is 2.39. The predicted octanol–water partition coefficient (Wildman–Crippen LogP) is 3.12. The lowest BCUT2D eigenvalue weighted by Crippen LogP contribution is -2.45. The van der Waals surface area contributed by atoms with Gasteiger partial charge in [0.15, 0.2) is 4.34 Å². The highest BCUT2D eigenvalue weighted by Gasteiger charge is 2.37. The summed E-state index contributed by atoms with van der Waals surface area (Å²) in [6.07, 6.45) is 1.78. The maximum Gasteiger partial charge on any atom is 0.300 e. The van der Waals surface area contributed by atoms with Gasteiger partial charge in [-0.05, 0) is 25.7 Å². The van der Waals surface area contributed by atoms with Gasteiger partial charge in [-0.15, -0.1) is 11.3 Å². The van der Waals surface area contributed by atoms with Gasteiger partial charge in [-0.2, -0.15) is 4.31 Å². The zero-order valence-electron chi connectivity index (χ0n) is 11.1. The smallest absolute Gasteiger partial charge is 0.258 e. The van der Waals surface area contributed by atoms with Gasteiger partial charge in [0.05, 0.1) is 4.92 Å². The lowest BCUT2D eigenvalue weighted by Gasteiger charge is -2.36. The van der Waals surface area contributed by atoms with Crippen molar-refractivity contribution in [3.05, 3.63) is 20.5 Å². The summed E-state index contributed by atoms with van der Waals surface area (Å²) in [5.74, 6) is 0.268. The molecule has 0 N–H and O–H groups in total. The summed E-state index contributed by atoms with van der Waals surface area (Å²) in [6.45, 7) is 4.32. The molecule has 1 aromatic heterocycles. The maximum atomic E-state index is 12.6. The van der Waals surface area contributed by atoms with E-state index in [2.05, 4.69) is 0 Å². The Balaban J connectivity index is 2.40. The fraction of sp³-hybridized carbons (Fsp3) is 0.636. The molecular formula is C11H15ClN2O4S2. The van der Waals surface area contributed by atoms with Crippen molar-refractivity contribution in [2.24, 2.45) is 5.92 Å². The van der Waals surface area contributed by atoms with Gasteiger partial charge in [0, 0.05) is 18.7 Å². The lowest BCUT2D eigenvalue weighted by molar-refractivity contribution is -0.384. The van der Waals surface area contributed by atoms with Crippen LogP contribution in [0.3, 0.4) is 0 Å². The third kappa shape index (κ3) is 2.69. The number of thiophene rings is 1. The maximum absolute atomic E-state index is 12.6.